The maximum absolute atomic E-state index is 9.69. The van der Waals surface area contributed by atoms with Gasteiger partial charge in [0.25, 0.3) is 0 Å². The average Bonchev–Trinajstić information content (AvgIpc) is 2.52. The molecule has 4 nitrogen and oxygen atoms in total. The molecule has 1 saturated heterocycles. The number of nitrogens with zero attached hydrogens (tertiary/aromatic N) is 1. The van der Waals surface area contributed by atoms with Gasteiger partial charge < -0.3 is 19.5 Å². The summed E-state index contributed by atoms with van der Waals surface area (Å²) < 4.78 is 10.9. The van der Waals surface area contributed by atoms with Crippen LogP contribution < -0.4 is 4.74 Å². The molecule has 2 atom stereocenters. The first-order valence-electron chi connectivity index (χ1n) is 7.80. The highest BCUT2D eigenvalue weighted by Crippen LogP contribution is 2.19. The molecule has 0 bridgehead atoms. The summed E-state index contributed by atoms with van der Waals surface area (Å²) >= 11 is 0. The first-order chi connectivity index (χ1) is 10.2. The van der Waals surface area contributed by atoms with Crippen LogP contribution in [-0.4, -0.2) is 49.5 Å². The molecule has 0 aliphatic carbocycles. The van der Waals surface area contributed by atoms with Gasteiger partial charge in [0, 0.05) is 13.1 Å². The Morgan fingerprint density at radius 2 is 2.10 bits per heavy atom. The molecule has 0 amide bonds. The first kappa shape index (κ1) is 16.3. The van der Waals surface area contributed by atoms with Gasteiger partial charge in [0.05, 0.1) is 26.4 Å². The van der Waals surface area contributed by atoms with E-state index in [-0.39, 0.29) is 6.10 Å². The zero-order valence-corrected chi connectivity index (χ0v) is 13.1. The fraction of sp³-hybridized carbons (Fsp3) is 0.647. The molecule has 1 aliphatic heterocycles. The van der Waals surface area contributed by atoms with E-state index in [1.807, 2.05) is 31.2 Å². The predicted molar refractivity (Wildman–Crippen MR) is 83.5 cm³/mol. The molecule has 1 aromatic carbocycles. The lowest BCUT2D eigenvalue weighted by Crippen LogP contribution is -2.41. The molecule has 1 aromatic rings. The SMILES string of the molecule is COc1ccc(COCCN2CCC[C@@H]([C@H](C)O)C2)cc1. The van der Waals surface area contributed by atoms with Gasteiger partial charge in [-0.25, -0.2) is 0 Å². The normalized spacial score (nSPS) is 21.2. The van der Waals surface area contributed by atoms with E-state index in [1.54, 1.807) is 7.11 Å². The standard InChI is InChI=1S/C17H27NO3/c1-14(19)16-4-3-9-18(12-16)10-11-21-13-15-5-7-17(20-2)8-6-15/h5-8,14,16,19H,3-4,9-13H2,1-2H3/t14-,16+/m0/s1. The topological polar surface area (TPSA) is 41.9 Å². The average molecular weight is 293 g/mol. The van der Waals surface area contributed by atoms with Crippen LogP contribution in [0.25, 0.3) is 0 Å². The molecular formula is C17H27NO3. The summed E-state index contributed by atoms with van der Waals surface area (Å²) in [6.45, 7) is 6.32. The maximum Gasteiger partial charge on any atom is 0.118 e. The van der Waals surface area contributed by atoms with Gasteiger partial charge in [-0.3, -0.25) is 0 Å². The highest BCUT2D eigenvalue weighted by molar-refractivity contribution is 5.26. The van der Waals surface area contributed by atoms with Crippen LogP contribution >= 0.6 is 0 Å². The molecule has 1 N–H and O–H groups in total. The fourth-order valence-corrected chi connectivity index (χ4v) is 2.79. The number of benzene rings is 1. The molecular weight excluding hydrogens is 266 g/mol. The number of piperidine rings is 1. The lowest BCUT2D eigenvalue weighted by molar-refractivity contribution is 0.0398. The number of rotatable bonds is 7. The van der Waals surface area contributed by atoms with E-state index in [0.717, 1.165) is 44.0 Å². The number of aliphatic hydroxyl groups excluding tert-OH is 1. The van der Waals surface area contributed by atoms with Gasteiger partial charge in [0.1, 0.15) is 5.75 Å². The highest BCUT2D eigenvalue weighted by atomic mass is 16.5. The Morgan fingerprint density at radius 1 is 1.33 bits per heavy atom. The third-order valence-corrected chi connectivity index (χ3v) is 4.20. The van der Waals surface area contributed by atoms with Crippen molar-refractivity contribution in [1.29, 1.82) is 0 Å². The smallest absolute Gasteiger partial charge is 0.118 e. The molecule has 0 unspecified atom stereocenters. The summed E-state index contributed by atoms with van der Waals surface area (Å²) in [5.41, 5.74) is 1.16. The Balaban J connectivity index is 1.64. The molecule has 1 heterocycles. The second-order valence-corrected chi connectivity index (χ2v) is 5.84. The van der Waals surface area contributed by atoms with Crippen LogP contribution in [0.2, 0.25) is 0 Å². The quantitative estimate of drug-likeness (QED) is 0.783. The fourth-order valence-electron chi connectivity index (χ4n) is 2.79. The zero-order valence-electron chi connectivity index (χ0n) is 13.1. The minimum atomic E-state index is -0.201. The summed E-state index contributed by atoms with van der Waals surface area (Å²) in [5, 5.41) is 9.69. The van der Waals surface area contributed by atoms with Gasteiger partial charge in [-0.15, -0.1) is 0 Å². The van der Waals surface area contributed by atoms with E-state index in [2.05, 4.69) is 4.90 Å². The van der Waals surface area contributed by atoms with Crippen LogP contribution in [0.3, 0.4) is 0 Å². The van der Waals surface area contributed by atoms with Crippen molar-refractivity contribution in [2.45, 2.75) is 32.5 Å². The summed E-state index contributed by atoms with van der Waals surface area (Å²) in [6, 6.07) is 7.97. The monoisotopic (exact) mass is 293 g/mol. The Morgan fingerprint density at radius 3 is 2.76 bits per heavy atom. The molecule has 0 aromatic heterocycles. The first-order valence-corrected chi connectivity index (χ1v) is 7.80. The third-order valence-electron chi connectivity index (χ3n) is 4.20. The van der Waals surface area contributed by atoms with E-state index in [9.17, 15) is 5.11 Å². The number of likely N-dealkylation sites (tertiary alicyclic amines) is 1. The van der Waals surface area contributed by atoms with Crippen LogP contribution in [-0.2, 0) is 11.3 Å². The van der Waals surface area contributed by atoms with Gasteiger partial charge >= 0.3 is 0 Å². The predicted octanol–water partition coefficient (Wildman–Crippen LogP) is 2.30. The number of aliphatic hydroxyl groups is 1. The van der Waals surface area contributed by atoms with Gasteiger partial charge in [-0.1, -0.05) is 12.1 Å². The van der Waals surface area contributed by atoms with Crippen molar-refractivity contribution in [3.63, 3.8) is 0 Å². The molecule has 4 heteroatoms. The summed E-state index contributed by atoms with van der Waals surface area (Å²) in [5.74, 6) is 1.29. The minimum absolute atomic E-state index is 0.201. The second kappa shape index (κ2) is 8.37. The van der Waals surface area contributed by atoms with Gasteiger partial charge in [-0.2, -0.15) is 0 Å². The third kappa shape index (κ3) is 5.30. The number of methoxy groups -OCH3 is 1. The van der Waals surface area contributed by atoms with Crippen LogP contribution in [0, 0.1) is 5.92 Å². The molecule has 2 rings (SSSR count). The second-order valence-electron chi connectivity index (χ2n) is 5.84. The Kier molecular flexibility index (Phi) is 6.49. The summed E-state index contributed by atoms with van der Waals surface area (Å²) in [7, 11) is 1.67. The van der Waals surface area contributed by atoms with Gasteiger partial charge in [0.2, 0.25) is 0 Å². The lowest BCUT2D eigenvalue weighted by atomic mass is 9.93. The molecule has 1 aliphatic rings. The van der Waals surface area contributed by atoms with Gasteiger partial charge in [0.15, 0.2) is 0 Å². The van der Waals surface area contributed by atoms with Crippen LogP contribution in [0.1, 0.15) is 25.3 Å². The van der Waals surface area contributed by atoms with E-state index in [4.69, 9.17) is 9.47 Å². The Labute approximate surface area is 127 Å². The highest BCUT2D eigenvalue weighted by Gasteiger charge is 2.22. The van der Waals surface area contributed by atoms with Crippen LogP contribution in [0.5, 0.6) is 5.75 Å². The van der Waals surface area contributed by atoms with Crippen molar-refractivity contribution < 1.29 is 14.6 Å². The van der Waals surface area contributed by atoms with Crippen molar-refractivity contribution in [2.24, 2.45) is 5.92 Å². The Hall–Kier alpha value is -1.10. The number of hydrogen-bond acceptors (Lipinski definition) is 4. The Bertz CT molecular complexity index is 405. The van der Waals surface area contributed by atoms with Crippen LogP contribution in [0.15, 0.2) is 24.3 Å². The van der Waals surface area contributed by atoms with E-state index in [0.29, 0.717) is 12.5 Å². The van der Waals surface area contributed by atoms with E-state index < -0.39 is 0 Å². The molecule has 21 heavy (non-hydrogen) atoms. The molecule has 0 radical (unpaired) electrons. The number of ether oxygens (including phenoxy) is 2. The zero-order chi connectivity index (χ0) is 15.1. The van der Waals surface area contributed by atoms with E-state index >= 15 is 0 Å². The number of hydrogen-bond donors (Lipinski definition) is 1. The van der Waals surface area contributed by atoms with Crippen LogP contribution in [0.4, 0.5) is 0 Å². The molecule has 118 valence electrons. The molecule has 0 saturated carbocycles. The maximum atomic E-state index is 9.69. The van der Waals surface area contributed by atoms with E-state index in [1.165, 1.54) is 6.42 Å². The summed E-state index contributed by atoms with van der Waals surface area (Å²) in [4.78, 5) is 2.40. The molecule has 1 fully saturated rings. The minimum Gasteiger partial charge on any atom is -0.497 e. The van der Waals surface area contributed by atoms with Crippen molar-refractivity contribution in [3.8, 4) is 5.75 Å². The lowest BCUT2D eigenvalue weighted by Gasteiger charge is -2.33. The largest absolute Gasteiger partial charge is 0.497 e. The van der Waals surface area contributed by atoms with Gasteiger partial charge in [-0.05, 0) is 49.9 Å². The van der Waals surface area contributed by atoms with Crippen molar-refractivity contribution in [3.05, 3.63) is 29.8 Å². The molecule has 0 spiro atoms. The van der Waals surface area contributed by atoms with Crippen molar-refractivity contribution >= 4 is 0 Å². The van der Waals surface area contributed by atoms with Crippen molar-refractivity contribution in [1.82, 2.24) is 4.90 Å². The van der Waals surface area contributed by atoms with Crippen molar-refractivity contribution in [2.75, 3.05) is 33.4 Å². The summed E-state index contributed by atoms with van der Waals surface area (Å²) in [6.07, 6.45) is 2.11.